The maximum atomic E-state index is 12.7. The van der Waals surface area contributed by atoms with E-state index in [1.54, 1.807) is 24.3 Å². The minimum atomic E-state index is -3.97. The zero-order valence-electron chi connectivity index (χ0n) is 17.3. The summed E-state index contributed by atoms with van der Waals surface area (Å²) < 4.78 is 27.8. The molecule has 174 valence electrons. The molecular weight excluding hydrogens is 500 g/mol. The van der Waals surface area contributed by atoms with E-state index >= 15 is 0 Å². The average Bonchev–Trinajstić information content (AvgIpc) is 2.83. The summed E-state index contributed by atoms with van der Waals surface area (Å²) in [5, 5.41) is 3.15. The normalized spacial score (nSPS) is 12.8. The van der Waals surface area contributed by atoms with E-state index in [1.807, 2.05) is 0 Å². The summed E-state index contributed by atoms with van der Waals surface area (Å²) in [4.78, 5) is 37.2. The summed E-state index contributed by atoms with van der Waals surface area (Å²) in [5.74, 6) is -1.17. The van der Waals surface area contributed by atoms with Crippen LogP contribution in [0.2, 0.25) is 5.02 Å². The maximum absolute atomic E-state index is 12.7. The lowest BCUT2D eigenvalue weighted by Gasteiger charge is -2.17. The first-order chi connectivity index (χ1) is 16.2. The van der Waals surface area contributed by atoms with Crippen LogP contribution in [0.5, 0.6) is 0 Å². The summed E-state index contributed by atoms with van der Waals surface area (Å²) in [7, 11) is -3.97. The van der Waals surface area contributed by atoms with Crippen LogP contribution in [-0.4, -0.2) is 31.9 Å². The highest BCUT2D eigenvalue weighted by atomic mass is 35.5. The molecule has 1 aliphatic rings. The summed E-state index contributed by atoms with van der Waals surface area (Å²) >= 11 is 7.18. The predicted molar refractivity (Wildman–Crippen MR) is 129 cm³/mol. The van der Waals surface area contributed by atoms with Gasteiger partial charge in [-0.2, -0.15) is 0 Å². The number of anilines is 2. The lowest BCUT2D eigenvalue weighted by molar-refractivity contribution is -0.113. The zero-order chi connectivity index (χ0) is 24.3. The maximum Gasteiger partial charge on any atom is 0.269 e. The molecule has 3 amide bonds. The first-order valence-electron chi connectivity index (χ1n) is 9.77. The molecule has 0 saturated carbocycles. The molecule has 12 heteroatoms. The minimum absolute atomic E-state index is 0.0217. The van der Waals surface area contributed by atoms with Gasteiger partial charge in [0.05, 0.1) is 16.3 Å². The SMILES string of the molecule is O=C1CSc2ccc(C(=O)NNC(=O)c3cccc(S(=O)(=O)Nc4ccc(Cl)cc4)c3)cc2N1. The molecule has 1 heterocycles. The molecule has 0 aromatic heterocycles. The van der Waals surface area contributed by atoms with Crippen LogP contribution >= 0.6 is 23.4 Å². The number of fused-ring (bicyclic) bond motifs is 1. The number of nitrogens with one attached hydrogen (secondary N) is 4. The van der Waals surface area contributed by atoms with Crippen molar-refractivity contribution in [2.24, 2.45) is 0 Å². The number of carbonyl (C=O) groups excluding carboxylic acids is 3. The summed E-state index contributed by atoms with van der Waals surface area (Å²) in [6.07, 6.45) is 0. The van der Waals surface area contributed by atoms with Crippen LogP contribution in [0, 0.1) is 0 Å². The van der Waals surface area contributed by atoms with Gasteiger partial charge in [0.2, 0.25) is 5.91 Å². The van der Waals surface area contributed by atoms with Gasteiger partial charge in [-0.25, -0.2) is 8.42 Å². The molecule has 0 radical (unpaired) electrons. The average molecular weight is 517 g/mol. The van der Waals surface area contributed by atoms with Gasteiger partial charge in [-0.15, -0.1) is 11.8 Å². The molecule has 9 nitrogen and oxygen atoms in total. The van der Waals surface area contributed by atoms with Crippen molar-refractivity contribution in [3.8, 4) is 0 Å². The van der Waals surface area contributed by atoms with Crippen molar-refractivity contribution < 1.29 is 22.8 Å². The fraction of sp³-hybridized carbons (Fsp3) is 0.0455. The Labute approximate surface area is 204 Å². The van der Waals surface area contributed by atoms with Crippen molar-refractivity contribution in [2.75, 3.05) is 15.8 Å². The molecule has 0 fully saturated rings. The highest BCUT2D eigenvalue weighted by Crippen LogP contribution is 2.31. The van der Waals surface area contributed by atoms with Gasteiger partial charge < -0.3 is 5.32 Å². The van der Waals surface area contributed by atoms with Crippen LogP contribution in [0.1, 0.15) is 20.7 Å². The van der Waals surface area contributed by atoms with E-state index in [1.165, 1.54) is 54.2 Å². The van der Waals surface area contributed by atoms with Crippen LogP contribution in [0.15, 0.2) is 76.5 Å². The molecule has 0 spiro atoms. The molecule has 4 rings (SSSR count). The largest absolute Gasteiger partial charge is 0.324 e. The number of hydrogen-bond donors (Lipinski definition) is 4. The number of rotatable bonds is 5. The quantitative estimate of drug-likeness (QED) is 0.385. The number of benzene rings is 3. The van der Waals surface area contributed by atoms with Crippen LogP contribution < -0.4 is 20.9 Å². The number of hydrogen-bond acceptors (Lipinski definition) is 6. The van der Waals surface area contributed by atoms with Crippen molar-refractivity contribution in [1.29, 1.82) is 0 Å². The molecule has 3 aromatic rings. The highest BCUT2D eigenvalue weighted by Gasteiger charge is 2.19. The van der Waals surface area contributed by atoms with E-state index < -0.39 is 21.8 Å². The number of halogens is 1. The Balaban J connectivity index is 1.42. The van der Waals surface area contributed by atoms with Gasteiger partial charge in [-0.05, 0) is 60.7 Å². The summed E-state index contributed by atoms with van der Waals surface area (Å²) in [6.45, 7) is 0. The second-order valence-corrected chi connectivity index (χ2v) is 10.2. The van der Waals surface area contributed by atoms with E-state index in [0.717, 1.165) is 4.90 Å². The predicted octanol–water partition coefficient (Wildman–Crippen LogP) is 3.26. The monoisotopic (exact) mass is 516 g/mol. The van der Waals surface area contributed by atoms with Gasteiger partial charge >= 0.3 is 0 Å². The number of carbonyl (C=O) groups is 3. The van der Waals surface area contributed by atoms with Crippen molar-refractivity contribution >= 4 is 62.5 Å². The number of hydrazine groups is 1. The Morgan fingerprint density at radius 2 is 1.59 bits per heavy atom. The molecule has 3 aromatic carbocycles. The Kier molecular flexibility index (Phi) is 6.77. The van der Waals surface area contributed by atoms with Gasteiger partial charge in [-0.1, -0.05) is 17.7 Å². The van der Waals surface area contributed by atoms with Crippen LogP contribution in [0.25, 0.3) is 0 Å². The Bertz CT molecular complexity index is 1390. The first kappa shape index (κ1) is 23.6. The lowest BCUT2D eigenvalue weighted by Crippen LogP contribution is -2.41. The van der Waals surface area contributed by atoms with Gasteiger partial charge in [0, 0.05) is 26.7 Å². The molecule has 0 bridgehead atoms. The van der Waals surface area contributed by atoms with Crippen LogP contribution in [-0.2, 0) is 14.8 Å². The van der Waals surface area contributed by atoms with Gasteiger partial charge in [0.1, 0.15) is 0 Å². The summed E-state index contributed by atoms with van der Waals surface area (Å²) in [5.41, 5.74) is 5.62. The van der Waals surface area contributed by atoms with Gasteiger partial charge in [0.15, 0.2) is 0 Å². The first-order valence-corrected chi connectivity index (χ1v) is 12.6. The van der Waals surface area contributed by atoms with E-state index in [2.05, 4.69) is 20.9 Å². The Morgan fingerprint density at radius 3 is 2.29 bits per heavy atom. The molecular formula is C22H17ClN4O5S2. The van der Waals surface area contributed by atoms with Crippen molar-refractivity contribution in [1.82, 2.24) is 10.9 Å². The standard InChI is InChI=1S/C22H17ClN4O5S2/c23-15-5-7-16(8-6-15)27-34(31,32)17-3-1-2-13(10-17)21(29)25-26-22(30)14-4-9-19-18(11-14)24-20(28)12-33-19/h1-11,27H,12H2,(H,24,28)(H,25,29)(H,26,30). The van der Waals surface area contributed by atoms with Gasteiger partial charge in [-0.3, -0.25) is 30.0 Å². The zero-order valence-corrected chi connectivity index (χ0v) is 19.7. The third-order valence-electron chi connectivity index (χ3n) is 4.67. The molecule has 1 aliphatic heterocycles. The molecule has 4 N–H and O–H groups in total. The minimum Gasteiger partial charge on any atom is -0.324 e. The second-order valence-electron chi connectivity index (χ2n) is 7.10. The fourth-order valence-electron chi connectivity index (χ4n) is 3.02. The third kappa shape index (κ3) is 5.50. The molecule has 0 aliphatic carbocycles. The summed E-state index contributed by atoms with van der Waals surface area (Å²) in [6, 6.07) is 16.2. The Hall–Kier alpha value is -3.54. The van der Waals surface area contributed by atoms with E-state index in [4.69, 9.17) is 11.6 Å². The molecule has 0 atom stereocenters. The fourth-order valence-corrected chi connectivity index (χ4v) is 5.04. The van der Waals surface area contributed by atoms with Crippen LogP contribution in [0.3, 0.4) is 0 Å². The molecule has 34 heavy (non-hydrogen) atoms. The van der Waals surface area contributed by atoms with Crippen molar-refractivity contribution in [3.05, 3.63) is 82.9 Å². The highest BCUT2D eigenvalue weighted by molar-refractivity contribution is 8.00. The molecule has 0 unspecified atom stereocenters. The van der Waals surface area contributed by atoms with Crippen LogP contribution in [0.4, 0.5) is 11.4 Å². The van der Waals surface area contributed by atoms with Crippen molar-refractivity contribution in [2.45, 2.75) is 9.79 Å². The smallest absolute Gasteiger partial charge is 0.269 e. The number of sulfonamides is 1. The number of amides is 3. The van der Waals surface area contributed by atoms with Crippen molar-refractivity contribution in [3.63, 3.8) is 0 Å². The van der Waals surface area contributed by atoms with E-state index in [0.29, 0.717) is 22.2 Å². The third-order valence-corrected chi connectivity index (χ3v) is 7.37. The molecule has 0 saturated heterocycles. The van der Waals surface area contributed by atoms with E-state index in [9.17, 15) is 22.8 Å². The van der Waals surface area contributed by atoms with Gasteiger partial charge in [0.25, 0.3) is 21.8 Å². The lowest BCUT2D eigenvalue weighted by atomic mass is 10.2. The van der Waals surface area contributed by atoms with E-state index in [-0.39, 0.29) is 21.9 Å². The second kappa shape index (κ2) is 9.75. The Morgan fingerprint density at radius 1 is 0.912 bits per heavy atom. The topological polar surface area (TPSA) is 133 Å². The number of thioether (sulfide) groups is 1.